The van der Waals surface area contributed by atoms with Gasteiger partial charge in [0.05, 0.1) is 17.9 Å². The van der Waals surface area contributed by atoms with E-state index < -0.39 is 0 Å². The van der Waals surface area contributed by atoms with E-state index in [1.807, 2.05) is 20.8 Å². The number of aromatic nitrogens is 3. The largest absolute Gasteiger partial charge is 0.354 e. The van der Waals surface area contributed by atoms with Gasteiger partial charge >= 0.3 is 0 Å². The second-order valence-corrected chi connectivity index (χ2v) is 7.52. The van der Waals surface area contributed by atoms with Gasteiger partial charge in [-0.25, -0.2) is 9.07 Å². The quantitative estimate of drug-likeness (QED) is 0.703. The standard InChI is InChI=1S/C22H23FN4O2/c1-12-20-18(5-4-6-19(20)28)26-21(12)22(29)25-13(2)17-11-24-27(14(17)3)16-9-7-15(23)8-10-16/h7-11,13,26H,4-6H2,1-3H3,(H,25,29). The molecule has 150 valence electrons. The van der Waals surface area contributed by atoms with Crippen LogP contribution < -0.4 is 5.32 Å². The van der Waals surface area contributed by atoms with Crippen LogP contribution in [0.2, 0.25) is 0 Å². The molecule has 1 atom stereocenters. The maximum Gasteiger partial charge on any atom is 0.268 e. The lowest BCUT2D eigenvalue weighted by Gasteiger charge is -2.14. The van der Waals surface area contributed by atoms with Gasteiger partial charge in [0.25, 0.3) is 5.91 Å². The van der Waals surface area contributed by atoms with Gasteiger partial charge in [0.1, 0.15) is 11.5 Å². The second kappa shape index (κ2) is 7.31. The molecule has 2 aromatic heterocycles. The summed E-state index contributed by atoms with van der Waals surface area (Å²) in [5, 5.41) is 7.38. The van der Waals surface area contributed by atoms with Gasteiger partial charge in [0, 0.05) is 28.9 Å². The number of aromatic amines is 1. The molecule has 4 rings (SSSR count). The summed E-state index contributed by atoms with van der Waals surface area (Å²) in [4.78, 5) is 28.2. The summed E-state index contributed by atoms with van der Waals surface area (Å²) < 4.78 is 14.9. The molecule has 1 aliphatic carbocycles. The van der Waals surface area contributed by atoms with E-state index in [1.54, 1.807) is 23.0 Å². The van der Waals surface area contributed by atoms with E-state index in [9.17, 15) is 14.0 Å². The van der Waals surface area contributed by atoms with Crippen LogP contribution in [0.1, 0.15) is 69.2 Å². The van der Waals surface area contributed by atoms with Crippen molar-refractivity contribution in [2.45, 2.75) is 46.1 Å². The molecule has 0 radical (unpaired) electrons. The van der Waals surface area contributed by atoms with Crippen molar-refractivity contribution < 1.29 is 14.0 Å². The summed E-state index contributed by atoms with van der Waals surface area (Å²) in [6.07, 6.45) is 3.84. The highest BCUT2D eigenvalue weighted by atomic mass is 19.1. The van der Waals surface area contributed by atoms with Gasteiger partial charge in [0.15, 0.2) is 5.78 Å². The molecule has 0 spiro atoms. The molecule has 1 amide bonds. The number of nitrogens with zero attached hydrogens (tertiary/aromatic N) is 2. The first-order valence-corrected chi connectivity index (χ1v) is 9.72. The van der Waals surface area contributed by atoms with E-state index in [-0.39, 0.29) is 23.5 Å². The van der Waals surface area contributed by atoms with Crippen LogP contribution in [0.15, 0.2) is 30.5 Å². The van der Waals surface area contributed by atoms with Gasteiger partial charge in [0.2, 0.25) is 0 Å². The van der Waals surface area contributed by atoms with Crippen LogP contribution in [-0.2, 0) is 6.42 Å². The summed E-state index contributed by atoms with van der Waals surface area (Å²) in [6, 6.07) is 5.81. The molecule has 1 unspecified atom stereocenters. The summed E-state index contributed by atoms with van der Waals surface area (Å²) in [5.41, 5.74) is 5.18. The number of rotatable bonds is 4. The highest BCUT2D eigenvalue weighted by Crippen LogP contribution is 2.27. The molecule has 1 aliphatic rings. The molecular formula is C22H23FN4O2. The third kappa shape index (κ3) is 3.37. The lowest BCUT2D eigenvalue weighted by atomic mass is 9.94. The lowest BCUT2D eigenvalue weighted by Crippen LogP contribution is -2.28. The fraction of sp³-hybridized carbons (Fsp3) is 0.318. The zero-order valence-electron chi connectivity index (χ0n) is 16.7. The summed E-state index contributed by atoms with van der Waals surface area (Å²) in [6.45, 7) is 5.61. The number of aryl methyl sites for hydroxylation is 1. The molecule has 2 heterocycles. The molecule has 0 fully saturated rings. The Morgan fingerprint density at radius 3 is 2.66 bits per heavy atom. The maximum absolute atomic E-state index is 13.2. The predicted molar refractivity (Wildman–Crippen MR) is 107 cm³/mol. The van der Waals surface area contributed by atoms with E-state index in [4.69, 9.17) is 0 Å². The van der Waals surface area contributed by atoms with Crippen molar-refractivity contribution in [2.75, 3.05) is 0 Å². The number of fused-ring (bicyclic) bond motifs is 1. The first kappa shape index (κ1) is 19.1. The van der Waals surface area contributed by atoms with Crippen molar-refractivity contribution in [3.05, 3.63) is 70.1 Å². The number of benzene rings is 1. The number of amides is 1. The minimum atomic E-state index is -0.304. The molecule has 6 nitrogen and oxygen atoms in total. The van der Waals surface area contributed by atoms with E-state index in [2.05, 4.69) is 15.4 Å². The summed E-state index contributed by atoms with van der Waals surface area (Å²) >= 11 is 0. The molecule has 7 heteroatoms. The van der Waals surface area contributed by atoms with Crippen LogP contribution in [0.4, 0.5) is 4.39 Å². The fourth-order valence-corrected chi connectivity index (χ4v) is 4.04. The van der Waals surface area contributed by atoms with Crippen molar-refractivity contribution in [3.8, 4) is 5.69 Å². The first-order valence-electron chi connectivity index (χ1n) is 9.72. The van der Waals surface area contributed by atoms with Crippen LogP contribution in [0, 0.1) is 19.7 Å². The predicted octanol–water partition coefficient (Wildman–Crippen LogP) is 3.97. The molecule has 29 heavy (non-hydrogen) atoms. The van der Waals surface area contributed by atoms with Gasteiger partial charge in [-0.15, -0.1) is 0 Å². The molecule has 0 saturated heterocycles. The SMILES string of the molecule is Cc1c(C(=O)NC(C)c2cnn(-c3ccc(F)cc3)c2C)[nH]c2c1C(=O)CCC2. The van der Waals surface area contributed by atoms with E-state index in [1.165, 1.54) is 12.1 Å². The van der Waals surface area contributed by atoms with Crippen LogP contribution in [0.25, 0.3) is 5.69 Å². The normalized spacial score (nSPS) is 14.6. The average Bonchev–Trinajstić information content (AvgIpc) is 3.24. The van der Waals surface area contributed by atoms with Gasteiger partial charge in [-0.1, -0.05) is 0 Å². The van der Waals surface area contributed by atoms with Gasteiger partial charge in [-0.3, -0.25) is 9.59 Å². The van der Waals surface area contributed by atoms with Crippen molar-refractivity contribution >= 4 is 11.7 Å². The lowest BCUT2D eigenvalue weighted by molar-refractivity contribution is 0.0934. The van der Waals surface area contributed by atoms with E-state index in [0.717, 1.165) is 35.5 Å². The number of hydrogen-bond acceptors (Lipinski definition) is 3. The highest BCUT2D eigenvalue weighted by molar-refractivity contribution is 6.04. The maximum atomic E-state index is 13.2. The Kier molecular flexibility index (Phi) is 4.82. The minimum absolute atomic E-state index is 0.100. The first-order chi connectivity index (χ1) is 13.9. The Labute approximate surface area is 168 Å². The minimum Gasteiger partial charge on any atom is -0.354 e. The molecule has 0 aliphatic heterocycles. The molecule has 3 aromatic rings. The Morgan fingerprint density at radius 2 is 1.97 bits per heavy atom. The number of Topliss-reactive ketones (excluding diaryl/α,β-unsaturated/α-hetero) is 1. The number of hydrogen-bond donors (Lipinski definition) is 2. The topological polar surface area (TPSA) is 79.8 Å². The molecule has 1 aromatic carbocycles. The third-order valence-corrected chi connectivity index (χ3v) is 5.60. The van der Waals surface area contributed by atoms with Crippen LogP contribution >= 0.6 is 0 Å². The highest BCUT2D eigenvalue weighted by Gasteiger charge is 2.27. The molecule has 0 bridgehead atoms. The zero-order valence-corrected chi connectivity index (χ0v) is 16.7. The zero-order chi connectivity index (χ0) is 20.7. The summed E-state index contributed by atoms with van der Waals surface area (Å²) in [7, 11) is 0. The van der Waals surface area contributed by atoms with Crippen molar-refractivity contribution in [1.29, 1.82) is 0 Å². The number of nitrogens with one attached hydrogen (secondary N) is 2. The molecule has 2 N–H and O–H groups in total. The Bertz CT molecular complexity index is 1090. The number of carbonyl (C=O) groups is 2. The fourth-order valence-electron chi connectivity index (χ4n) is 4.04. The smallest absolute Gasteiger partial charge is 0.268 e. The number of ketones is 1. The van der Waals surface area contributed by atoms with E-state index in [0.29, 0.717) is 23.2 Å². The number of carbonyl (C=O) groups excluding carboxylic acids is 2. The van der Waals surface area contributed by atoms with Gasteiger partial charge in [-0.05, 0) is 63.4 Å². The Morgan fingerprint density at radius 1 is 1.24 bits per heavy atom. The summed E-state index contributed by atoms with van der Waals surface area (Å²) in [5.74, 6) is -0.448. The van der Waals surface area contributed by atoms with Crippen LogP contribution in [0.3, 0.4) is 0 Å². The van der Waals surface area contributed by atoms with E-state index >= 15 is 0 Å². The molecule has 0 saturated carbocycles. The Balaban J connectivity index is 1.56. The number of halogens is 1. The Hall–Kier alpha value is -3.22. The number of H-pyrrole nitrogens is 1. The van der Waals surface area contributed by atoms with Crippen molar-refractivity contribution in [1.82, 2.24) is 20.1 Å². The average molecular weight is 394 g/mol. The third-order valence-electron chi connectivity index (χ3n) is 5.60. The monoisotopic (exact) mass is 394 g/mol. The van der Waals surface area contributed by atoms with Gasteiger partial charge in [-0.2, -0.15) is 5.10 Å². The van der Waals surface area contributed by atoms with Crippen LogP contribution in [-0.4, -0.2) is 26.5 Å². The second-order valence-electron chi connectivity index (χ2n) is 7.52. The van der Waals surface area contributed by atoms with Crippen molar-refractivity contribution in [2.24, 2.45) is 0 Å². The molecular weight excluding hydrogens is 371 g/mol. The van der Waals surface area contributed by atoms with Crippen LogP contribution in [0.5, 0.6) is 0 Å². The van der Waals surface area contributed by atoms with Crippen molar-refractivity contribution in [3.63, 3.8) is 0 Å². The van der Waals surface area contributed by atoms with Gasteiger partial charge < -0.3 is 10.3 Å².